The molecule has 0 heterocycles. The Hall–Kier alpha value is -1.55. The summed E-state index contributed by atoms with van der Waals surface area (Å²) >= 11 is 6.08. The van der Waals surface area contributed by atoms with Gasteiger partial charge in [0.05, 0.1) is 6.61 Å². The van der Waals surface area contributed by atoms with E-state index in [-0.39, 0.29) is 13.0 Å². The zero-order chi connectivity index (χ0) is 14.6. The molecule has 5 heteroatoms. The van der Waals surface area contributed by atoms with Crippen molar-refractivity contribution >= 4 is 23.5 Å². The van der Waals surface area contributed by atoms with E-state index in [1.54, 1.807) is 19.1 Å². The van der Waals surface area contributed by atoms with Gasteiger partial charge in [-0.05, 0) is 38.0 Å². The maximum absolute atomic E-state index is 11.8. The monoisotopic (exact) mass is 284 g/mol. The molecule has 0 aliphatic carbocycles. The summed E-state index contributed by atoms with van der Waals surface area (Å²) < 4.78 is 4.84. The Balaban J connectivity index is 3.08. The van der Waals surface area contributed by atoms with Gasteiger partial charge >= 0.3 is 11.9 Å². The molecule has 1 unspecified atom stereocenters. The number of halogens is 1. The number of hydrogen-bond donors (Lipinski definition) is 1. The van der Waals surface area contributed by atoms with Crippen LogP contribution in [0.3, 0.4) is 0 Å². The van der Waals surface area contributed by atoms with Crippen LogP contribution < -0.4 is 0 Å². The van der Waals surface area contributed by atoms with E-state index in [1.165, 1.54) is 6.92 Å². The first-order valence-corrected chi connectivity index (χ1v) is 6.34. The number of aryl methyl sites for hydroxylation is 1. The molecule has 0 saturated carbocycles. The Morgan fingerprint density at radius 3 is 2.53 bits per heavy atom. The molecule has 0 aliphatic heterocycles. The highest BCUT2D eigenvalue weighted by molar-refractivity contribution is 6.31. The molecule has 0 saturated heterocycles. The summed E-state index contributed by atoms with van der Waals surface area (Å²) in [6, 6.07) is 5.30. The number of aliphatic carboxylic acids is 1. The van der Waals surface area contributed by atoms with Crippen molar-refractivity contribution in [2.75, 3.05) is 6.61 Å². The van der Waals surface area contributed by atoms with Crippen molar-refractivity contribution in [3.63, 3.8) is 0 Å². The van der Waals surface area contributed by atoms with Crippen molar-refractivity contribution in [2.45, 2.75) is 27.2 Å². The van der Waals surface area contributed by atoms with Crippen LogP contribution in [0, 0.1) is 12.3 Å². The van der Waals surface area contributed by atoms with E-state index in [1.807, 2.05) is 13.0 Å². The predicted molar refractivity (Wildman–Crippen MR) is 72.3 cm³/mol. The van der Waals surface area contributed by atoms with Gasteiger partial charge in [-0.1, -0.05) is 23.7 Å². The summed E-state index contributed by atoms with van der Waals surface area (Å²) in [6.07, 6.45) is 0.000278. The number of carbonyl (C=O) groups is 2. The van der Waals surface area contributed by atoms with Crippen molar-refractivity contribution in [1.82, 2.24) is 0 Å². The fourth-order valence-corrected chi connectivity index (χ4v) is 2.00. The summed E-state index contributed by atoms with van der Waals surface area (Å²) in [5.41, 5.74) is -0.0401. The van der Waals surface area contributed by atoms with E-state index in [9.17, 15) is 14.7 Å². The molecular weight excluding hydrogens is 268 g/mol. The summed E-state index contributed by atoms with van der Waals surface area (Å²) in [5, 5.41) is 9.75. The minimum atomic E-state index is -1.63. The highest BCUT2D eigenvalue weighted by Crippen LogP contribution is 2.29. The van der Waals surface area contributed by atoms with Crippen LogP contribution in [0.25, 0.3) is 0 Å². The molecule has 0 aromatic heterocycles. The zero-order valence-corrected chi connectivity index (χ0v) is 12.0. The lowest BCUT2D eigenvalue weighted by atomic mass is 9.83. The minimum absolute atomic E-state index is 0.000278. The summed E-state index contributed by atoms with van der Waals surface area (Å²) in [5.74, 6) is -1.97. The summed E-state index contributed by atoms with van der Waals surface area (Å²) in [4.78, 5) is 23.2. The first kappa shape index (κ1) is 15.5. The molecule has 0 spiro atoms. The molecule has 1 aromatic rings. The van der Waals surface area contributed by atoms with Gasteiger partial charge in [0.25, 0.3) is 0 Å². The second-order valence-electron chi connectivity index (χ2n) is 4.63. The first-order chi connectivity index (χ1) is 8.81. The van der Waals surface area contributed by atoms with Crippen molar-refractivity contribution in [3.8, 4) is 0 Å². The zero-order valence-electron chi connectivity index (χ0n) is 11.2. The van der Waals surface area contributed by atoms with Crippen LogP contribution in [-0.4, -0.2) is 23.7 Å². The molecule has 1 rings (SSSR count). The summed E-state index contributed by atoms with van der Waals surface area (Å²) in [6.45, 7) is 5.02. The second kappa shape index (κ2) is 6.06. The molecule has 1 atom stereocenters. The molecule has 4 nitrogen and oxygen atoms in total. The maximum Gasteiger partial charge on any atom is 0.323 e. The fraction of sp³-hybridized carbons (Fsp3) is 0.429. The van der Waals surface area contributed by atoms with Crippen LogP contribution in [0.4, 0.5) is 0 Å². The van der Waals surface area contributed by atoms with E-state index in [4.69, 9.17) is 16.3 Å². The molecule has 19 heavy (non-hydrogen) atoms. The third-order valence-corrected chi connectivity index (χ3v) is 3.30. The number of carbonyl (C=O) groups excluding carboxylic acids is 1. The Morgan fingerprint density at radius 1 is 1.42 bits per heavy atom. The standard InChI is InChI=1S/C14H17ClO4/c1-4-19-13(18)14(3,12(16)17)8-10-6-5-9(2)7-11(10)15/h5-7H,4,8H2,1-3H3,(H,16,17). The van der Waals surface area contributed by atoms with Gasteiger partial charge in [0.15, 0.2) is 5.41 Å². The van der Waals surface area contributed by atoms with Gasteiger partial charge in [-0.15, -0.1) is 0 Å². The maximum atomic E-state index is 11.8. The highest BCUT2D eigenvalue weighted by atomic mass is 35.5. The largest absolute Gasteiger partial charge is 0.480 e. The van der Waals surface area contributed by atoms with Crippen LogP contribution in [0.15, 0.2) is 18.2 Å². The number of carboxylic acid groups (broad SMARTS) is 1. The number of esters is 1. The molecule has 0 aliphatic rings. The Labute approximate surface area is 117 Å². The second-order valence-corrected chi connectivity index (χ2v) is 5.04. The number of carboxylic acids is 1. The van der Waals surface area contributed by atoms with E-state index in [0.29, 0.717) is 10.6 Å². The number of hydrogen-bond acceptors (Lipinski definition) is 3. The lowest BCUT2D eigenvalue weighted by Crippen LogP contribution is -2.40. The number of rotatable bonds is 5. The number of ether oxygens (including phenoxy) is 1. The van der Waals surface area contributed by atoms with Crippen LogP contribution in [0.1, 0.15) is 25.0 Å². The van der Waals surface area contributed by atoms with Gasteiger partial charge in [0.2, 0.25) is 0 Å². The average molecular weight is 285 g/mol. The fourth-order valence-electron chi connectivity index (χ4n) is 1.70. The van der Waals surface area contributed by atoms with Crippen LogP contribution in [0.5, 0.6) is 0 Å². The molecule has 0 bridgehead atoms. The third kappa shape index (κ3) is 3.47. The molecule has 1 N–H and O–H groups in total. The Morgan fingerprint density at radius 2 is 2.05 bits per heavy atom. The molecule has 104 valence electrons. The first-order valence-electron chi connectivity index (χ1n) is 5.97. The van der Waals surface area contributed by atoms with Crippen molar-refractivity contribution in [3.05, 3.63) is 34.3 Å². The minimum Gasteiger partial charge on any atom is -0.480 e. The summed E-state index contributed by atoms with van der Waals surface area (Å²) in [7, 11) is 0. The molecule has 0 fully saturated rings. The van der Waals surface area contributed by atoms with Crippen LogP contribution >= 0.6 is 11.6 Å². The highest BCUT2D eigenvalue weighted by Gasteiger charge is 2.43. The quantitative estimate of drug-likeness (QED) is 0.667. The van der Waals surface area contributed by atoms with Gasteiger partial charge in [0, 0.05) is 11.4 Å². The molecule has 0 radical (unpaired) electrons. The van der Waals surface area contributed by atoms with Gasteiger partial charge in [-0.3, -0.25) is 9.59 Å². The van der Waals surface area contributed by atoms with Gasteiger partial charge in [-0.25, -0.2) is 0 Å². The lowest BCUT2D eigenvalue weighted by Gasteiger charge is -2.23. The third-order valence-electron chi connectivity index (χ3n) is 2.95. The van der Waals surface area contributed by atoms with Gasteiger partial charge in [0.1, 0.15) is 0 Å². The Kier molecular flexibility index (Phi) is 4.95. The normalized spacial score (nSPS) is 13.7. The molecule has 0 amide bonds. The van der Waals surface area contributed by atoms with Crippen molar-refractivity contribution in [2.24, 2.45) is 5.41 Å². The van der Waals surface area contributed by atoms with Crippen molar-refractivity contribution < 1.29 is 19.4 Å². The van der Waals surface area contributed by atoms with Crippen molar-refractivity contribution in [1.29, 1.82) is 0 Å². The van der Waals surface area contributed by atoms with E-state index in [0.717, 1.165) is 5.56 Å². The number of benzene rings is 1. The smallest absolute Gasteiger partial charge is 0.323 e. The SMILES string of the molecule is CCOC(=O)C(C)(Cc1ccc(C)cc1Cl)C(=O)O. The van der Waals surface area contributed by atoms with Crippen LogP contribution in [0.2, 0.25) is 5.02 Å². The lowest BCUT2D eigenvalue weighted by molar-refractivity contribution is -0.167. The predicted octanol–water partition coefficient (Wildman–Crippen LogP) is 2.84. The van der Waals surface area contributed by atoms with E-state index < -0.39 is 17.4 Å². The van der Waals surface area contributed by atoms with Crippen LogP contribution in [-0.2, 0) is 20.7 Å². The van der Waals surface area contributed by atoms with Gasteiger partial charge in [-0.2, -0.15) is 0 Å². The van der Waals surface area contributed by atoms with E-state index >= 15 is 0 Å². The van der Waals surface area contributed by atoms with E-state index in [2.05, 4.69) is 0 Å². The molecule has 1 aromatic carbocycles. The van der Waals surface area contributed by atoms with Gasteiger partial charge < -0.3 is 9.84 Å². The molecular formula is C14H17ClO4. The Bertz CT molecular complexity index is 498. The topological polar surface area (TPSA) is 63.6 Å². The average Bonchev–Trinajstić information content (AvgIpc) is 2.32.